The summed E-state index contributed by atoms with van der Waals surface area (Å²) >= 11 is 1.70. The summed E-state index contributed by atoms with van der Waals surface area (Å²) in [6.45, 7) is 0. The summed E-state index contributed by atoms with van der Waals surface area (Å²) in [7, 11) is 0. The van der Waals surface area contributed by atoms with Crippen molar-refractivity contribution in [1.82, 2.24) is 0 Å². The molecule has 0 amide bonds. The average molecular weight is 237 g/mol. The van der Waals surface area contributed by atoms with Gasteiger partial charge in [0.25, 0.3) is 0 Å². The van der Waals surface area contributed by atoms with E-state index in [2.05, 4.69) is 0 Å². The molecule has 4 heteroatoms. The Morgan fingerprint density at radius 3 is 1.25 bits per heavy atom. The Labute approximate surface area is 57.6 Å². The van der Waals surface area contributed by atoms with Crippen LogP contribution >= 0.6 is 0 Å². The SMILES string of the molecule is [Mn].[Ni].[O]=[Ag]. The van der Waals surface area contributed by atoms with Crippen molar-refractivity contribution in [2.45, 2.75) is 0 Å². The van der Waals surface area contributed by atoms with E-state index in [1.807, 2.05) is 0 Å². The molecule has 0 saturated heterocycles. The van der Waals surface area contributed by atoms with Crippen molar-refractivity contribution >= 4 is 0 Å². The van der Waals surface area contributed by atoms with Crippen LogP contribution in [0.5, 0.6) is 0 Å². The fourth-order valence-corrected chi connectivity index (χ4v) is 0. The van der Waals surface area contributed by atoms with E-state index in [1.54, 1.807) is 21.0 Å². The zero-order valence-electron chi connectivity index (χ0n) is 1.40. The molecule has 0 bridgehead atoms. The fourth-order valence-electron chi connectivity index (χ4n) is 0. The van der Waals surface area contributed by atoms with Gasteiger partial charge in [-0.15, -0.1) is 0 Å². The summed E-state index contributed by atoms with van der Waals surface area (Å²) in [5, 5.41) is 0. The van der Waals surface area contributed by atoms with Gasteiger partial charge in [0, 0.05) is 33.6 Å². The standard InChI is InChI=1S/Ag.Mn.Ni.O. The summed E-state index contributed by atoms with van der Waals surface area (Å²) < 4.78 is 8.06. The normalized spacial score (nSPS) is 1.50. The topological polar surface area (TPSA) is 17.1 Å². The molecule has 0 aromatic heterocycles. The maximum atomic E-state index is 8.06. The number of hydrogen-bond donors (Lipinski definition) is 0. The van der Waals surface area contributed by atoms with E-state index in [4.69, 9.17) is 3.25 Å². The number of hydrogen-bond acceptors (Lipinski definition) is 1. The van der Waals surface area contributed by atoms with E-state index in [9.17, 15) is 0 Å². The van der Waals surface area contributed by atoms with Gasteiger partial charge in [-0.2, -0.15) is 0 Å². The monoisotopic (exact) mass is 236 g/mol. The molecule has 0 aromatic rings. The molecule has 0 aliphatic carbocycles. The molecule has 0 spiro atoms. The second kappa shape index (κ2) is 23.8. The Morgan fingerprint density at radius 1 is 1.25 bits per heavy atom. The van der Waals surface area contributed by atoms with Gasteiger partial charge in [0.15, 0.2) is 0 Å². The molecular weight excluding hydrogens is 237 g/mol. The predicted molar refractivity (Wildman–Crippen MR) is 0.686 cm³/mol. The molecule has 0 heterocycles. The Bertz CT molecular complexity index is 8.00. The molecule has 0 N–H and O–H groups in total. The van der Waals surface area contributed by atoms with Gasteiger partial charge in [0.1, 0.15) is 0 Å². The van der Waals surface area contributed by atoms with Gasteiger partial charge < -0.3 is 0 Å². The zero-order valence-corrected chi connectivity index (χ0v) is 5.05. The molecule has 0 fully saturated rings. The van der Waals surface area contributed by atoms with Crippen molar-refractivity contribution in [2.75, 3.05) is 0 Å². The quantitative estimate of drug-likeness (QED) is 0.537. The van der Waals surface area contributed by atoms with E-state index >= 15 is 0 Å². The Morgan fingerprint density at radius 2 is 1.25 bits per heavy atom. The van der Waals surface area contributed by atoms with E-state index in [0.29, 0.717) is 0 Å². The van der Waals surface area contributed by atoms with Crippen LogP contribution in [-0.4, -0.2) is 0 Å². The van der Waals surface area contributed by atoms with E-state index in [0.717, 1.165) is 0 Å². The third-order valence-corrected chi connectivity index (χ3v) is 0. The van der Waals surface area contributed by atoms with Gasteiger partial charge >= 0.3 is 24.3 Å². The summed E-state index contributed by atoms with van der Waals surface area (Å²) in [5.41, 5.74) is 0. The van der Waals surface area contributed by atoms with E-state index < -0.39 is 0 Å². The molecule has 0 aliphatic rings. The van der Waals surface area contributed by atoms with Crippen molar-refractivity contribution in [2.24, 2.45) is 0 Å². The summed E-state index contributed by atoms with van der Waals surface area (Å²) in [6, 6.07) is 0. The zero-order chi connectivity index (χ0) is 2.00. The molecule has 1 nitrogen and oxygen atoms in total. The fraction of sp³-hybridized carbons (Fsp3) is 0. The van der Waals surface area contributed by atoms with Crippen molar-refractivity contribution in [1.29, 1.82) is 0 Å². The Balaban J connectivity index is -0.00000000500. The van der Waals surface area contributed by atoms with Crippen molar-refractivity contribution in [3.05, 3.63) is 0 Å². The minimum atomic E-state index is 0. The maximum absolute atomic E-state index is 8.06. The average Bonchev–Trinajstić information content (AvgIpc) is 1.00. The van der Waals surface area contributed by atoms with Gasteiger partial charge in [-0.05, 0) is 0 Å². The summed E-state index contributed by atoms with van der Waals surface area (Å²) in [4.78, 5) is 0. The first kappa shape index (κ1) is 17.7. The first-order valence-electron chi connectivity index (χ1n) is 0.123. The van der Waals surface area contributed by atoms with Gasteiger partial charge in [0.2, 0.25) is 0 Å². The van der Waals surface area contributed by atoms with Gasteiger partial charge in [0.05, 0.1) is 0 Å². The first-order valence-corrected chi connectivity index (χ1v) is 0.728. The Hall–Kier alpha value is 1.55. The molecule has 0 aromatic carbocycles. The molecule has 0 aliphatic heterocycles. The molecule has 0 atom stereocenters. The van der Waals surface area contributed by atoms with Crippen LogP contribution in [0.25, 0.3) is 0 Å². The van der Waals surface area contributed by atoms with Crippen LogP contribution in [0.2, 0.25) is 0 Å². The van der Waals surface area contributed by atoms with Crippen molar-refractivity contribution in [3.8, 4) is 0 Å². The van der Waals surface area contributed by atoms with Gasteiger partial charge in [-0.25, -0.2) is 0 Å². The van der Waals surface area contributed by atoms with Crippen LogP contribution < -0.4 is 0 Å². The third kappa shape index (κ3) is 9.60. The summed E-state index contributed by atoms with van der Waals surface area (Å²) in [6.07, 6.45) is 0. The van der Waals surface area contributed by atoms with Crippen LogP contribution in [0.15, 0.2) is 0 Å². The first-order chi connectivity index (χ1) is 1.00. The van der Waals surface area contributed by atoms with E-state index in [1.165, 1.54) is 0 Å². The second-order valence-electron chi connectivity index (χ2n) is 0. The summed E-state index contributed by atoms with van der Waals surface area (Å²) in [5.74, 6) is 0. The molecule has 4 heavy (non-hydrogen) atoms. The van der Waals surface area contributed by atoms with Gasteiger partial charge in [-0.3, -0.25) is 0 Å². The van der Waals surface area contributed by atoms with Crippen LogP contribution in [0.1, 0.15) is 0 Å². The molecule has 1 radical (unpaired) electrons. The van der Waals surface area contributed by atoms with Crippen LogP contribution in [0.3, 0.4) is 0 Å². The van der Waals surface area contributed by atoms with Crippen molar-refractivity contribution in [3.63, 3.8) is 0 Å². The molecule has 34 valence electrons. The molecule has 0 rings (SSSR count). The van der Waals surface area contributed by atoms with Crippen molar-refractivity contribution < 1.29 is 57.9 Å². The second-order valence-corrected chi connectivity index (χ2v) is 0. The predicted octanol–water partition coefficient (Wildman–Crippen LogP) is -0.126. The molecule has 0 unspecified atom stereocenters. The Kier molecular flexibility index (Phi) is 105. The minimum absolute atomic E-state index is 0. The van der Waals surface area contributed by atoms with Crippen LogP contribution in [0.4, 0.5) is 0 Å². The number of rotatable bonds is 0. The third-order valence-electron chi connectivity index (χ3n) is 0. The van der Waals surface area contributed by atoms with Crippen LogP contribution in [0, 0.1) is 0 Å². The van der Waals surface area contributed by atoms with Gasteiger partial charge in [-0.1, -0.05) is 0 Å². The van der Waals surface area contributed by atoms with Crippen LogP contribution in [-0.2, 0) is 57.9 Å². The molecule has 0 saturated carbocycles. The molecular formula is AgMnNiO. The van der Waals surface area contributed by atoms with E-state index in [-0.39, 0.29) is 33.6 Å².